The molecule has 0 aromatic heterocycles. The van der Waals surface area contributed by atoms with Crippen LogP contribution < -0.4 is 4.74 Å². The highest BCUT2D eigenvalue weighted by Crippen LogP contribution is 2.16. The van der Waals surface area contributed by atoms with Crippen LogP contribution >= 0.6 is 0 Å². The minimum absolute atomic E-state index is 0.159. The molecule has 0 fully saturated rings. The molecule has 2 rings (SSSR count). The van der Waals surface area contributed by atoms with E-state index in [0.29, 0.717) is 26.1 Å². The molecule has 0 unspecified atom stereocenters. The van der Waals surface area contributed by atoms with Gasteiger partial charge in [-0.2, -0.15) is 0 Å². The highest BCUT2D eigenvalue weighted by atomic mass is 16.5. The summed E-state index contributed by atoms with van der Waals surface area (Å²) in [6.07, 6.45) is 1.07. The standard InChI is InChI=1S/C18H20O3/c1-2-20-18(19)12-11-15-9-6-10-17(13-15)21-14-16-7-4-3-5-8-16/h3-10,13H,2,11-12,14H2,1H3. The molecule has 2 aromatic rings. The number of ether oxygens (including phenoxy) is 2. The number of rotatable bonds is 7. The number of hydrogen-bond donors (Lipinski definition) is 0. The quantitative estimate of drug-likeness (QED) is 0.726. The fraction of sp³-hybridized carbons (Fsp3) is 0.278. The van der Waals surface area contributed by atoms with Crippen molar-refractivity contribution in [3.8, 4) is 5.75 Å². The summed E-state index contributed by atoms with van der Waals surface area (Å²) < 4.78 is 10.7. The van der Waals surface area contributed by atoms with Gasteiger partial charge in [0.15, 0.2) is 0 Å². The molecule has 3 heteroatoms. The zero-order valence-electron chi connectivity index (χ0n) is 12.2. The predicted octanol–water partition coefficient (Wildman–Crippen LogP) is 3.76. The summed E-state index contributed by atoms with van der Waals surface area (Å²) in [6, 6.07) is 17.9. The molecule has 0 saturated carbocycles. The van der Waals surface area contributed by atoms with Crippen molar-refractivity contribution in [1.82, 2.24) is 0 Å². The Labute approximate surface area is 125 Å². The fourth-order valence-electron chi connectivity index (χ4n) is 2.01. The lowest BCUT2D eigenvalue weighted by atomic mass is 10.1. The third-order valence-corrected chi connectivity index (χ3v) is 3.07. The van der Waals surface area contributed by atoms with Gasteiger partial charge in [0, 0.05) is 6.42 Å². The van der Waals surface area contributed by atoms with E-state index in [1.807, 2.05) is 61.5 Å². The maximum atomic E-state index is 11.4. The first-order valence-electron chi connectivity index (χ1n) is 7.19. The number of benzene rings is 2. The molecule has 0 aliphatic carbocycles. The Morgan fingerprint density at radius 1 is 1.00 bits per heavy atom. The Morgan fingerprint density at radius 3 is 2.52 bits per heavy atom. The topological polar surface area (TPSA) is 35.5 Å². The molecule has 0 radical (unpaired) electrons. The molecular weight excluding hydrogens is 264 g/mol. The molecule has 2 aromatic carbocycles. The minimum Gasteiger partial charge on any atom is -0.489 e. The monoisotopic (exact) mass is 284 g/mol. The van der Waals surface area contributed by atoms with E-state index in [9.17, 15) is 4.79 Å². The zero-order valence-corrected chi connectivity index (χ0v) is 12.2. The molecule has 110 valence electrons. The fourth-order valence-corrected chi connectivity index (χ4v) is 2.01. The van der Waals surface area contributed by atoms with Gasteiger partial charge in [-0.3, -0.25) is 4.79 Å². The van der Waals surface area contributed by atoms with Gasteiger partial charge in [-0.15, -0.1) is 0 Å². The van der Waals surface area contributed by atoms with Crippen molar-refractivity contribution in [3.05, 3.63) is 65.7 Å². The van der Waals surface area contributed by atoms with Crippen molar-refractivity contribution in [2.75, 3.05) is 6.61 Å². The maximum Gasteiger partial charge on any atom is 0.306 e. The van der Waals surface area contributed by atoms with Crippen LogP contribution in [0.15, 0.2) is 54.6 Å². The highest BCUT2D eigenvalue weighted by Gasteiger charge is 2.04. The van der Waals surface area contributed by atoms with Gasteiger partial charge < -0.3 is 9.47 Å². The van der Waals surface area contributed by atoms with Gasteiger partial charge in [0.05, 0.1) is 6.61 Å². The first-order chi connectivity index (χ1) is 10.3. The van der Waals surface area contributed by atoms with Crippen LogP contribution in [-0.4, -0.2) is 12.6 Å². The molecule has 0 aliphatic rings. The number of aryl methyl sites for hydroxylation is 1. The van der Waals surface area contributed by atoms with Crippen LogP contribution in [0.25, 0.3) is 0 Å². The molecular formula is C18H20O3. The molecule has 0 N–H and O–H groups in total. The first kappa shape index (κ1) is 15.1. The lowest BCUT2D eigenvalue weighted by molar-refractivity contribution is -0.143. The smallest absolute Gasteiger partial charge is 0.306 e. The van der Waals surface area contributed by atoms with Gasteiger partial charge in [-0.05, 0) is 36.6 Å². The summed E-state index contributed by atoms with van der Waals surface area (Å²) >= 11 is 0. The molecule has 0 saturated heterocycles. The third kappa shape index (κ3) is 5.30. The van der Waals surface area contributed by atoms with E-state index in [0.717, 1.165) is 16.9 Å². The number of esters is 1. The summed E-state index contributed by atoms with van der Waals surface area (Å²) in [5.74, 6) is 0.660. The Bertz CT molecular complexity index is 564. The second kappa shape index (κ2) is 8.10. The summed E-state index contributed by atoms with van der Waals surface area (Å²) in [5, 5.41) is 0. The van der Waals surface area contributed by atoms with Crippen LogP contribution in [0, 0.1) is 0 Å². The van der Waals surface area contributed by atoms with Crippen molar-refractivity contribution in [1.29, 1.82) is 0 Å². The van der Waals surface area contributed by atoms with Gasteiger partial charge in [-0.25, -0.2) is 0 Å². The average Bonchev–Trinajstić information content (AvgIpc) is 2.53. The van der Waals surface area contributed by atoms with Crippen molar-refractivity contribution >= 4 is 5.97 Å². The molecule has 0 bridgehead atoms. The zero-order chi connectivity index (χ0) is 14.9. The average molecular weight is 284 g/mol. The number of carbonyl (C=O) groups is 1. The van der Waals surface area contributed by atoms with Gasteiger partial charge in [0.2, 0.25) is 0 Å². The lowest BCUT2D eigenvalue weighted by Gasteiger charge is -2.08. The Kier molecular flexibility index (Phi) is 5.83. The Morgan fingerprint density at radius 2 is 1.76 bits per heavy atom. The first-order valence-corrected chi connectivity index (χ1v) is 7.19. The summed E-state index contributed by atoms with van der Waals surface area (Å²) in [6.45, 7) is 2.79. The van der Waals surface area contributed by atoms with Gasteiger partial charge in [0.1, 0.15) is 12.4 Å². The summed E-state index contributed by atoms with van der Waals surface area (Å²) in [4.78, 5) is 11.4. The number of carbonyl (C=O) groups excluding carboxylic acids is 1. The van der Waals surface area contributed by atoms with E-state index in [1.54, 1.807) is 0 Å². The van der Waals surface area contributed by atoms with Gasteiger partial charge in [0.25, 0.3) is 0 Å². The van der Waals surface area contributed by atoms with E-state index >= 15 is 0 Å². The lowest BCUT2D eigenvalue weighted by Crippen LogP contribution is -2.05. The molecule has 0 atom stereocenters. The van der Waals surface area contributed by atoms with Crippen molar-refractivity contribution in [2.45, 2.75) is 26.4 Å². The van der Waals surface area contributed by atoms with Crippen LogP contribution in [0.4, 0.5) is 0 Å². The van der Waals surface area contributed by atoms with Crippen LogP contribution in [0.2, 0.25) is 0 Å². The number of hydrogen-bond acceptors (Lipinski definition) is 3. The maximum absolute atomic E-state index is 11.4. The minimum atomic E-state index is -0.159. The molecule has 21 heavy (non-hydrogen) atoms. The van der Waals surface area contributed by atoms with E-state index in [1.165, 1.54) is 0 Å². The van der Waals surface area contributed by atoms with Crippen LogP contribution in [0.5, 0.6) is 5.75 Å². The molecule has 0 spiro atoms. The highest BCUT2D eigenvalue weighted by molar-refractivity contribution is 5.69. The second-order valence-corrected chi connectivity index (χ2v) is 4.73. The van der Waals surface area contributed by atoms with E-state index in [2.05, 4.69) is 0 Å². The van der Waals surface area contributed by atoms with Gasteiger partial charge >= 0.3 is 5.97 Å². The summed E-state index contributed by atoms with van der Waals surface area (Å²) in [5.41, 5.74) is 2.21. The SMILES string of the molecule is CCOC(=O)CCc1cccc(OCc2ccccc2)c1. The molecule has 3 nitrogen and oxygen atoms in total. The largest absolute Gasteiger partial charge is 0.489 e. The van der Waals surface area contributed by atoms with Crippen molar-refractivity contribution < 1.29 is 14.3 Å². The van der Waals surface area contributed by atoms with Crippen LogP contribution in [-0.2, 0) is 22.6 Å². The van der Waals surface area contributed by atoms with Crippen LogP contribution in [0.3, 0.4) is 0 Å². The molecule has 0 heterocycles. The predicted molar refractivity (Wildman–Crippen MR) is 82.2 cm³/mol. The summed E-state index contributed by atoms with van der Waals surface area (Å²) in [7, 11) is 0. The van der Waals surface area contributed by atoms with Crippen molar-refractivity contribution in [3.63, 3.8) is 0 Å². The normalized spacial score (nSPS) is 10.1. The van der Waals surface area contributed by atoms with Crippen molar-refractivity contribution in [2.24, 2.45) is 0 Å². The van der Waals surface area contributed by atoms with E-state index < -0.39 is 0 Å². The Balaban J connectivity index is 1.87. The molecule has 0 aliphatic heterocycles. The third-order valence-electron chi connectivity index (χ3n) is 3.07. The Hall–Kier alpha value is -2.29. The molecule has 0 amide bonds. The van der Waals surface area contributed by atoms with Crippen LogP contribution in [0.1, 0.15) is 24.5 Å². The van der Waals surface area contributed by atoms with Gasteiger partial charge in [-0.1, -0.05) is 42.5 Å². The van der Waals surface area contributed by atoms with E-state index in [-0.39, 0.29) is 5.97 Å². The van der Waals surface area contributed by atoms with E-state index in [4.69, 9.17) is 9.47 Å². The second-order valence-electron chi connectivity index (χ2n) is 4.73.